The number of benzene rings is 3. The van der Waals surface area contributed by atoms with Crippen LogP contribution in [0.3, 0.4) is 0 Å². The molecule has 0 bridgehead atoms. The summed E-state index contributed by atoms with van der Waals surface area (Å²) in [6.07, 6.45) is 2.30. The van der Waals surface area contributed by atoms with E-state index in [1.807, 2.05) is 24.3 Å². The highest BCUT2D eigenvalue weighted by Gasteiger charge is 2.22. The maximum Gasteiger partial charge on any atom is 0.260 e. The summed E-state index contributed by atoms with van der Waals surface area (Å²) >= 11 is 6.07. The van der Waals surface area contributed by atoms with Crippen molar-refractivity contribution in [3.05, 3.63) is 71.2 Å². The number of anilines is 1. The number of aromatic hydroxyl groups is 1. The number of amides is 1. The van der Waals surface area contributed by atoms with E-state index in [1.165, 1.54) is 24.4 Å². The van der Waals surface area contributed by atoms with Crippen LogP contribution in [0.2, 0.25) is 5.02 Å². The molecule has 0 saturated heterocycles. The molecule has 9 heteroatoms. The summed E-state index contributed by atoms with van der Waals surface area (Å²) in [7, 11) is -3.75. The van der Waals surface area contributed by atoms with E-state index < -0.39 is 22.5 Å². The predicted octanol–water partition coefficient (Wildman–Crippen LogP) is 3.12. The molecule has 7 nitrogen and oxygen atoms in total. The van der Waals surface area contributed by atoms with E-state index in [1.54, 1.807) is 18.2 Å². The summed E-state index contributed by atoms with van der Waals surface area (Å²) < 4.78 is 25.1. The standard InChI is InChI=1S/C20H18ClN3O4S/c1-29(27,28)24(18-9-5-4-8-17(18)21)13-20(26)23-22-12-16-15-7-3-2-6-14(15)10-11-19(16)25/h2-12,25H,13H2,1H3,(H,23,26). The lowest BCUT2D eigenvalue weighted by molar-refractivity contribution is -0.119. The third kappa shape index (κ3) is 4.85. The average molecular weight is 432 g/mol. The summed E-state index contributed by atoms with van der Waals surface area (Å²) in [5.74, 6) is -0.651. The number of phenols is 1. The van der Waals surface area contributed by atoms with E-state index in [2.05, 4.69) is 10.5 Å². The molecule has 0 heterocycles. The number of carbonyl (C=O) groups excluding carboxylic acids is 1. The quantitative estimate of drug-likeness (QED) is 0.462. The van der Waals surface area contributed by atoms with Crippen molar-refractivity contribution in [1.29, 1.82) is 0 Å². The lowest BCUT2D eigenvalue weighted by Crippen LogP contribution is -2.39. The molecule has 0 fully saturated rings. The molecule has 0 saturated carbocycles. The van der Waals surface area contributed by atoms with Gasteiger partial charge in [-0.15, -0.1) is 0 Å². The number of rotatable bonds is 6. The molecule has 0 spiro atoms. The number of nitrogens with one attached hydrogen (secondary N) is 1. The summed E-state index contributed by atoms with van der Waals surface area (Å²) in [4.78, 5) is 12.3. The lowest BCUT2D eigenvalue weighted by atomic mass is 10.0. The van der Waals surface area contributed by atoms with Crippen molar-refractivity contribution in [2.75, 3.05) is 17.1 Å². The predicted molar refractivity (Wildman–Crippen MR) is 115 cm³/mol. The van der Waals surface area contributed by atoms with Crippen molar-refractivity contribution in [2.24, 2.45) is 5.10 Å². The Morgan fingerprint density at radius 3 is 2.55 bits per heavy atom. The van der Waals surface area contributed by atoms with Gasteiger partial charge in [-0.2, -0.15) is 5.10 Å². The van der Waals surface area contributed by atoms with Gasteiger partial charge in [0.15, 0.2) is 0 Å². The van der Waals surface area contributed by atoms with Crippen molar-refractivity contribution in [1.82, 2.24) is 5.43 Å². The van der Waals surface area contributed by atoms with Gasteiger partial charge in [-0.1, -0.05) is 54.1 Å². The zero-order valence-corrected chi connectivity index (χ0v) is 17.0. The van der Waals surface area contributed by atoms with E-state index in [0.717, 1.165) is 21.3 Å². The Labute approximate surface area is 173 Å². The second-order valence-electron chi connectivity index (χ2n) is 6.23. The molecule has 0 aliphatic heterocycles. The average Bonchev–Trinajstić information content (AvgIpc) is 2.68. The van der Waals surface area contributed by atoms with E-state index in [0.29, 0.717) is 5.56 Å². The topological polar surface area (TPSA) is 99.1 Å². The normalized spacial score (nSPS) is 11.7. The molecule has 1 amide bonds. The van der Waals surface area contributed by atoms with Crippen LogP contribution < -0.4 is 9.73 Å². The molecule has 0 unspecified atom stereocenters. The smallest absolute Gasteiger partial charge is 0.260 e. The molecule has 0 aromatic heterocycles. The third-order valence-corrected chi connectivity index (χ3v) is 5.59. The van der Waals surface area contributed by atoms with Crippen LogP contribution in [-0.4, -0.2) is 38.4 Å². The first kappa shape index (κ1) is 20.6. The minimum Gasteiger partial charge on any atom is -0.507 e. The molecule has 0 radical (unpaired) electrons. The number of para-hydroxylation sites is 1. The number of fused-ring (bicyclic) bond motifs is 1. The van der Waals surface area contributed by atoms with Gasteiger partial charge in [0.05, 0.1) is 23.2 Å². The third-order valence-electron chi connectivity index (χ3n) is 4.14. The van der Waals surface area contributed by atoms with Gasteiger partial charge < -0.3 is 5.11 Å². The Kier molecular flexibility index (Phi) is 6.05. The first-order valence-electron chi connectivity index (χ1n) is 8.52. The monoisotopic (exact) mass is 431 g/mol. The first-order valence-corrected chi connectivity index (χ1v) is 10.7. The van der Waals surface area contributed by atoms with Crippen LogP contribution >= 0.6 is 11.6 Å². The molecular weight excluding hydrogens is 414 g/mol. The number of nitrogens with zero attached hydrogens (tertiary/aromatic N) is 2. The SMILES string of the molecule is CS(=O)(=O)N(CC(=O)NN=Cc1c(O)ccc2ccccc12)c1ccccc1Cl. The van der Waals surface area contributed by atoms with E-state index in [-0.39, 0.29) is 16.5 Å². The van der Waals surface area contributed by atoms with Gasteiger partial charge in [0.2, 0.25) is 10.0 Å². The Bertz CT molecular complexity index is 1200. The number of carbonyl (C=O) groups is 1. The van der Waals surface area contributed by atoms with Crippen molar-refractivity contribution < 1.29 is 18.3 Å². The molecule has 3 rings (SSSR count). The van der Waals surface area contributed by atoms with E-state index >= 15 is 0 Å². The maximum atomic E-state index is 12.3. The van der Waals surface area contributed by atoms with Gasteiger partial charge in [0, 0.05) is 5.56 Å². The second-order valence-corrected chi connectivity index (χ2v) is 8.55. The van der Waals surface area contributed by atoms with Gasteiger partial charge >= 0.3 is 0 Å². The van der Waals surface area contributed by atoms with Gasteiger partial charge in [0.25, 0.3) is 5.91 Å². The Hall–Kier alpha value is -3.10. The highest BCUT2D eigenvalue weighted by Crippen LogP contribution is 2.27. The summed E-state index contributed by atoms with van der Waals surface area (Å²) in [5.41, 5.74) is 2.92. The molecule has 2 N–H and O–H groups in total. The van der Waals surface area contributed by atoms with Crippen LogP contribution in [-0.2, 0) is 14.8 Å². The molecule has 0 aliphatic carbocycles. The fraction of sp³-hybridized carbons (Fsp3) is 0.100. The molecular formula is C20H18ClN3O4S. The zero-order chi connectivity index (χ0) is 21.0. The Morgan fingerprint density at radius 1 is 1.14 bits per heavy atom. The van der Waals surface area contributed by atoms with Crippen molar-refractivity contribution >= 4 is 50.2 Å². The number of sulfonamides is 1. The van der Waals surface area contributed by atoms with Crippen molar-refractivity contribution in [3.8, 4) is 5.75 Å². The highest BCUT2D eigenvalue weighted by molar-refractivity contribution is 7.92. The van der Waals surface area contributed by atoms with Gasteiger partial charge in [-0.3, -0.25) is 9.10 Å². The van der Waals surface area contributed by atoms with Crippen molar-refractivity contribution in [2.45, 2.75) is 0 Å². The summed E-state index contributed by atoms with van der Waals surface area (Å²) in [6, 6.07) is 17.0. The number of hydrogen-bond donors (Lipinski definition) is 2. The van der Waals surface area contributed by atoms with Gasteiger partial charge in [-0.25, -0.2) is 13.8 Å². The summed E-state index contributed by atoms with van der Waals surface area (Å²) in [5, 5.41) is 15.8. The fourth-order valence-electron chi connectivity index (χ4n) is 2.79. The van der Waals surface area contributed by atoms with Crippen LogP contribution in [0.5, 0.6) is 5.75 Å². The molecule has 0 atom stereocenters. The zero-order valence-electron chi connectivity index (χ0n) is 15.4. The van der Waals surface area contributed by atoms with Crippen LogP contribution in [0.25, 0.3) is 10.8 Å². The Balaban J connectivity index is 1.79. The minimum absolute atomic E-state index is 0.00975. The van der Waals surface area contributed by atoms with Crippen LogP contribution in [0, 0.1) is 0 Å². The van der Waals surface area contributed by atoms with E-state index in [9.17, 15) is 18.3 Å². The van der Waals surface area contributed by atoms with Crippen LogP contribution in [0.15, 0.2) is 65.8 Å². The van der Waals surface area contributed by atoms with Crippen LogP contribution in [0.1, 0.15) is 5.56 Å². The Morgan fingerprint density at radius 2 is 1.83 bits per heavy atom. The van der Waals surface area contributed by atoms with Gasteiger partial charge in [-0.05, 0) is 29.0 Å². The number of hydrazone groups is 1. The number of halogens is 1. The van der Waals surface area contributed by atoms with Gasteiger partial charge in [0.1, 0.15) is 12.3 Å². The fourth-order valence-corrected chi connectivity index (χ4v) is 3.95. The molecule has 3 aromatic carbocycles. The van der Waals surface area contributed by atoms with Crippen molar-refractivity contribution in [3.63, 3.8) is 0 Å². The summed E-state index contributed by atoms with van der Waals surface area (Å²) in [6.45, 7) is -0.499. The number of phenolic OH excluding ortho intramolecular Hbond substituents is 1. The minimum atomic E-state index is -3.75. The largest absolute Gasteiger partial charge is 0.507 e. The van der Waals surface area contributed by atoms with E-state index in [4.69, 9.17) is 11.6 Å². The molecule has 150 valence electrons. The number of hydrogen-bond acceptors (Lipinski definition) is 5. The lowest BCUT2D eigenvalue weighted by Gasteiger charge is -2.22. The van der Waals surface area contributed by atoms with Crippen LogP contribution in [0.4, 0.5) is 5.69 Å². The molecule has 0 aliphatic rings. The maximum absolute atomic E-state index is 12.3. The first-order chi connectivity index (χ1) is 13.8. The molecule has 29 heavy (non-hydrogen) atoms. The molecule has 3 aromatic rings. The highest BCUT2D eigenvalue weighted by atomic mass is 35.5. The second kappa shape index (κ2) is 8.50.